The van der Waals surface area contributed by atoms with Gasteiger partial charge in [-0.15, -0.1) is 0 Å². The topological polar surface area (TPSA) is 81.4 Å². The summed E-state index contributed by atoms with van der Waals surface area (Å²) in [6, 6.07) is 0.572. The minimum absolute atomic E-state index is 0.0214. The number of sulfonamides is 1. The van der Waals surface area contributed by atoms with Crippen molar-refractivity contribution in [2.45, 2.75) is 30.7 Å². The van der Waals surface area contributed by atoms with Crippen molar-refractivity contribution in [1.82, 2.24) is 4.72 Å². The Bertz CT molecular complexity index is 607. The summed E-state index contributed by atoms with van der Waals surface area (Å²) in [5, 5.41) is 0.0214. The van der Waals surface area contributed by atoms with Gasteiger partial charge >= 0.3 is 0 Å². The van der Waals surface area contributed by atoms with Gasteiger partial charge in [-0.1, -0.05) is 24.9 Å². The highest BCUT2D eigenvalue weighted by atomic mass is 79.9. The fourth-order valence-corrected chi connectivity index (χ4v) is 3.74. The van der Waals surface area contributed by atoms with Crippen LogP contribution in [0.2, 0.25) is 5.02 Å². The van der Waals surface area contributed by atoms with Crippen LogP contribution in [0.4, 0.5) is 10.1 Å². The Morgan fingerprint density at radius 3 is 2.71 bits per heavy atom. The van der Waals surface area contributed by atoms with E-state index in [-0.39, 0.29) is 21.8 Å². The summed E-state index contributed by atoms with van der Waals surface area (Å²) in [7, 11) is -2.62. The summed E-state index contributed by atoms with van der Waals surface area (Å²) in [4.78, 5) is -0.578. The minimum atomic E-state index is -4.09. The lowest BCUT2D eigenvalue weighted by Gasteiger charge is -2.18. The van der Waals surface area contributed by atoms with Crippen molar-refractivity contribution in [1.29, 1.82) is 0 Å². The highest BCUT2D eigenvalue weighted by molar-refractivity contribution is 9.10. The van der Waals surface area contributed by atoms with Crippen LogP contribution in [0.5, 0.6) is 0 Å². The maximum atomic E-state index is 14.1. The molecular formula is C12H17BrClFN2O3S. The number of ether oxygens (including phenoxy) is 1. The first-order chi connectivity index (χ1) is 9.74. The normalized spacial score (nSPS) is 13.4. The van der Waals surface area contributed by atoms with Gasteiger partial charge in [-0.25, -0.2) is 17.5 Å². The first kappa shape index (κ1) is 18.6. The predicted molar refractivity (Wildman–Crippen MR) is 84.4 cm³/mol. The molecule has 9 heteroatoms. The van der Waals surface area contributed by atoms with E-state index in [1.54, 1.807) is 0 Å². The molecule has 0 aromatic heterocycles. The van der Waals surface area contributed by atoms with Crippen molar-refractivity contribution in [2.24, 2.45) is 0 Å². The molecule has 5 nitrogen and oxygen atoms in total. The molecule has 1 rings (SSSR count). The Hall–Kier alpha value is -0.410. The SMILES string of the molecule is CCCC(COC)NS(=O)(=O)c1cc(Cl)c(Br)c(N)c1F. The molecule has 1 unspecified atom stereocenters. The Balaban J connectivity index is 3.19. The molecule has 1 aromatic carbocycles. The third kappa shape index (κ3) is 4.53. The molecule has 0 heterocycles. The molecule has 1 aromatic rings. The Labute approximate surface area is 137 Å². The molecule has 0 bridgehead atoms. The highest BCUT2D eigenvalue weighted by Crippen LogP contribution is 2.34. The van der Waals surface area contributed by atoms with Crippen LogP contribution in [0.1, 0.15) is 19.8 Å². The van der Waals surface area contributed by atoms with E-state index in [1.807, 2.05) is 6.92 Å². The number of rotatable bonds is 7. The van der Waals surface area contributed by atoms with Crippen molar-refractivity contribution < 1.29 is 17.5 Å². The lowest BCUT2D eigenvalue weighted by Crippen LogP contribution is -2.38. The second-order valence-electron chi connectivity index (χ2n) is 4.46. The van der Waals surface area contributed by atoms with Crippen LogP contribution in [-0.2, 0) is 14.8 Å². The Morgan fingerprint density at radius 1 is 1.57 bits per heavy atom. The summed E-state index contributed by atoms with van der Waals surface area (Å²) < 4.78 is 46.2. The van der Waals surface area contributed by atoms with E-state index in [4.69, 9.17) is 22.1 Å². The van der Waals surface area contributed by atoms with Crippen LogP contribution in [0.15, 0.2) is 15.4 Å². The summed E-state index contributed by atoms with van der Waals surface area (Å²) in [6.45, 7) is 2.10. The van der Waals surface area contributed by atoms with Crippen LogP contribution in [0, 0.1) is 5.82 Å². The van der Waals surface area contributed by atoms with E-state index in [0.717, 1.165) is 12.5 Å². The molecule has 21 heavy (non-hydrogen) atoms. The lowest BCUT2D eigenvalue weighted by atomic mass is 10.2. The van der Waals surface area contributed by atoms with Gasteiger partial charge in [0.2, 0.25) is 10.0 Å². The zero-order valence-corrected chi connectivity index (χ0v) is 14.8. The van der Waals surface area contributed by atoms with Crippen molar-refractivity contribution in [3.05, 3.63) is 21.4 Å². The van der Waals surface area contributed by atoms with E-state index in [0.29, 0.717) is 6.42 Å². The first-order valence-electron chi connectivity index (χ1n) is 6.18. The van der Waals surface area contributed by atoms with Crippen LogP contribution < -0.4 is 10.5 Å². The maximum absolute atomic E-state index is 14.1. The third-order valence-corrected chi connectivity index (χ3v) is 5.67. The molecule has 0 aliphatic rings. The minimum Gasteiger partial charge on any atom is -0.395 e. The fourth-order valence-electron chi connectivity index (χ4n) is 1.80. The molecule has 1 atom stereocenters. The van der Waals surface area contributed by atoms with Crippen LogP contribution >= 0.6 is 27.5 Å². The first-order valence-corrected chi connectivity index (χ1v) is 8.84. The number of nitrogen functional groups attached to an aromatic ring is 1. The van der Waals surface area contributed by atoms with Gasteiger partial charge in [0.25, 0.3) is 0 Å². The fraction of sp³-hybridized carbons (Fsp3) is 0.500. The lowest BCUT2D eigenvalue weighted by molar-refractivity contribution is 0.171. The van der Waals surface area contributed by atoms with E-state index in [1.165, 1.54) is 7.11 Å². The predicted octanol–water partition coefficient (Wildman–Crippen LogP) is 2.92. The standard InChI is InChI=1S/C12H17BrClFN2O3S/c1-3-4-7(6-20-2)17-21(18,19)9-5-8(14)10(13)12(16)11(9)15/h5,7,17H,3-4,6,16H2,1-2H3. The second-order valence-corrected chi connectivity index (χ2v) is 7.34. The number of nitrogens with two attached hydrogens (primary N) is 1. The molecular weight excluding hydrogens is 387 g/mol. The number of nitrogens with one attached hydrogen (secondary N) is 1. The second kappa shape index (κ2) is 7.73. The molecule has 0 aliphatic carbocycles. The molecule has 0 amide bonds. The van der Waals surface area contributed by atoms with Crippen LogP contribution in [-0.4, -0.2) is 28.2 Å². The summed E-state index contributed by atoms with van der Waals surface area (Å²) in [5.74, 6) is -1.04. The third-order valence-electron chi connectivity index (χ3n) is 2.77. The number of methoxy groups -OCH3 is 1. The number of hydrogen-bond acceptors (Lipinski definition) is 4. The van der Waals surface area contributed by atoms with E-state index in [2.05, 4.69) is 20.7 Å². The molecule has 0 radical (unpaired) electrons. The van der Waals surface area contributed by atoms with Gasteiger partial charge in [-0.3, -0.25) is 0 Å². The highest BCUT2D eigenvalue weighted by Gasteiger charge is 2.26. The Morgan fingerprint density at radius 2 is 2.19 bits per heavy atom. The maximum Gasteiger partial charge on any atom is 0.243 e. The van der Waals surface area contributed by atoms with Gasteiger partial charge in [0.05, 0.1) is 21.8 Å². The van der Waals surface area contributed by atoms with Crippen molar-refractivity contribution >= 4 is 43.2 Å². The average molecular weight is 404 g/mol. The molecule has 0 spiro atoms. The van der Waals surface area contributed by atoms with E-state index >= 15 is 0 Å². The van der Waals surface area contributed by atoms with Crippen molar-refractivity contribution in [3.63, 3.8) is 0 Å². The van der Waals surface area contributed by atoms with Crippen molar-refractivity contribution in [3.8, 4) is 0 Å². The molecule has 3 N–H and O–H groups in total. The summed E-state index contributed by atoms with van der Waals surface area (Å²) in [5.41, 5.74) is 5.16. The number of hydrogen-bond donors (Lipinski definition) is 2. The van der Waals surface area contributed by atoms with E-state index in [9.17, 15) is 12.8 Å². The smallest absolute Gasteiger partial charge is 0.243 e. The molecule has 0 saturated carbocycles. The monoisotopic (exact) mass is 402 g/mol. The largest absolute Gasteiger partial charge is 0.395 e. The number of halogens is 3. The zero-order valence-electron chi connectivity index (χ0n) is 11.6. The van der Waals surface area contributed by atoms with Gasteiger partial charge in [0.1, 0.15) is 4.90 Å². The molecule has 0 fully saturated rings. The quantitative estimate of drug-likeness (QED) is 0.542. The van der Waals surface area contributed by atoms with Gasteiger partial charge < -0.3 is 10.5 Å². The van der Waals surface area contributed by atoms with Gasteiger partial charge in [0, 0.05) is 13.2 Å². The molecule has 0 saturated heterocycles. The van der Waals surface area contributed by atoms with E-state index < -0.39 is 26.8 Å². The van der Waals surface area contributed by atoms with Crippen LogP contribution in [0.25, 0.3) is 0 Å². The summed E-state index contributed by atoms with van der Waals surface area (Å²) in [6.07, 6.45) is 1.32. The average Bonchev–Trinajstić information content (AvgIpc) is 2.40. The molecule has 120 valence electrons. The van der Waals surface area contributed by atoms with Crippen molar-refractivity contribution in [2.75, 3.05) is 19.5 Å². The number of anilines is 1. The zero-order chi connectivity index (χ0) is 16.2. The summed E-state index contributed by atoms with van der Waals surface area (Å²) >= 11 is 8.84. The molecule has 0 aliphatic heterocycles. The van der Waals surface area contributed by atoms with Gasteiger partial charge in [-0.2, -0.15) is 0 Å². The Kier molecular flexibility index (Phi) is 6.86. The van der Waals surface area contributed by atoms with Crippen LogP contribution in [0.3, 0.4) is 0 Å². The van der Waals surface area contributed by atoms with Gasteiger partial charge in [-0.05, 0) is 28.4 Å². The van der Waals surface area contributed by atoms with Gasteiger partial charge in [0.15, 0.2) is 5.82 Å². The number of benzene rings is 1.